The Bertz CT molecular complexity index is 511. The van der Waals surface area contributed by atoms with Crippen LogP contribution in [0.1, 0.15) is 11.1 Å². The molecule has 0 saturated carbocycles. The van der Waals surface area contributed by atoms with Gasteiger partial charge < -0.3 is 5.32 Å². The third kappa shape index (κ3) is 2.49. The highest BCUT2D eigenvalue weighted by atomic mass is 127. The Morgan fingerprint density at radius 2 is 2.00 bits per heavy atom. The van der Waals surface area contributed by atoms with E-state index >= 15 is 0 Å². The maximum absolute atomic E-state index is 4.20. The fourth-order valence-corrected chi connectivity index (χ4v) is 1.80. The maximum atomic E-state index is 4.20. The van der Waals surface area contributed by atoms with Crippen molar-refractivity contribution in [2.45, 2.75) is 13.8 Å². The molecule has 0 aliphatic heterocycles. The Morgan fingerprint density at radius 1 is 1.19 bits per heavy atom. The van der Waals surface area contributed by atoms with Crippen LogP contribution in [0.4, 0.5) is 11.5 Å². The minimum absolute atomic E-state index is 0.846. The Balaban J connectivity index is 2.28. The number of hydrogen-bond acceptors (Lipinski definition) is 3. The van der Waals surface area contributed by atoms with Crippen LogP contribution in [0.25, 0.3) is 0 Å². The summed E-state index contributed by atoms with van der Waals surface area (Å²) in [4.78, 5) is 8.16. The van der Waals surface area contributed by atoms with Crippen molar-refractivity contribution in [1.29, 1.82) is 0 Å². The summed E-state index contributed by atoms with van der Waals surface area (Å²) in [6.45, 7) is 4.21. The molecule has 0 bridgehead atoms. The molecule has 1 aromatic heterocycles. The molecule has 0 spiro atoms. The molecular weight excluding hydrogens is 313 g/mol. The lowest BCUT2D eigenvalue weighted by molar-refractivity contribution is 1.15. The van der Waals surface area contributed by atoms with Crippen molar-refractivity contribution in [2.24, 2.45) is 0 Å². The second-order valence-corrected chi connectivity index (χ2v) is 4.81. The fraction of sp³-hybridized carbons (Fsp3) is 0.167. The molecule has 1 N–H and O–H groups in total. The summed E-state index contributed by atoms with van der Waals surface area (Å²) in [6, 6.07) is 6.28. The zero-order valence-electron chi connectivity index (χ0n) is 9.16. The third-order valence-corrected chi connectivity index (χ3v) is 3.23. The van der Waals surface area contributed by atoms with Gasteiger partial charge in [0, 0.05) is 11.9 Å². The lowest BCUT2D eigenvalue weighted by atomic mass is 10.1. The van der Waals surface area contributed by atoms with E-state index in [1.807, 2.05) is 0 Å². The summed E-state index contributed by atoms with van der Waals surface area (Å²) in [5, 5.41) is 3.28. The molecule has 0 amide bonds. The normalized spacial score (nSPS) is 10.2. The van der Waals surface area contributed by atoms with Crippen LogP contribution in [0, 0.1) is 17.4 Å². The van der Waals surface area contributed by atoms with Crippen molar-refractivity contribution in [1.82, 2.24) is 9.97 Å². The van der Waals surface area contributed by atoms with Gasteiger partial charge in [0.15, 0.2) is 0 Å². The minimum Gasteiger partial charge on any atom is -0.339 e. The number of halogens is 1. The topological polar surface area (TPSA) is 37.8 Å². The standard InChI is InChI=1S/C12H12IN3/c1-8-3-4-10(5-9(8)2)16-12-11(13)6-14-7-15-12/h3-7H,1-2H3,(H,14,15,16). The van der Waals surface area contributed by atoms with E-state index in [1.165, 1.54) is 11.1 Å². The van der Waals surface area contributed by atoms with E-state index in [4.69, 9.17) is 0 Å². The number of nitrogens with one attached hydrogen (secondary N) is 1. The Hall–Kier alpha value is -1.17. The predicted octanol–water partition coefficient (Wildman–Crippen LogP) is 3.44. The number of aromatic nitrogens is 2. The fourth-order valence-electron chi connectivity index (χ4n) is 1.36. The van der Waals surface area contributed by atoms with Gasteiger partial charge in [-0.3, -0.25) is 0 Å². The Morgan fingerprint density at radius 3 is 2.69 bits per heavy atom. The zero-order valence-corrected chi connectivity index (χ0v) is 11.3. The molecule has 4 heteroatoms. The largest absolute Gasteiger partial charge is 0.339 e. The number of hydrogen-bond donors (Lipinski definition) is 1. The molecule has 1 aromatic carbocycles. The van der Waals surface area contributed by atoms with Crippen LogP contribution in [-0.4, -0.2) is 9.97 Å². The number of benzene rings is 1. The van der Waals surface area contributed by atoms with Gasteiger partial charge in [-0.05, 0) is 59.7 Å². The van der Waals surface area contributed by atoms with Gasteiger partial charge >= 0.3 is 0 Å². The molecule has 0 unspecified atom stereocenters. The highest BCUT2D eigenvalue weighted by molar-refractivity contribution is 14.1. The molecule has 0 atom stereocenters. The van der Waals surface area contributed by atoms with Crippen LogP contribution in [0.2, 0.25) is 0 Å². The lowest BCUT2D eigenvalue weighted by Crippen LogP contribution is -1.97. The molecule has 3 nitrogen and oxygen atoms in total. The van der Waals surface area contributed by atoms with Crippen LogP contribution in [0.3, 0.4) is 0 Å². The van der Waals surface area contributed by atoms with Crippen molar-refractivity contribution in [2.75, 3.05) is 5.32 Å². The van der Waals surface area contributed by atoms with E-state index < -0.39 is 0 Å². The van der Waals surface area contributed by atoms with Crippen LogP contribution < -0.4 is 5.32 Å². The molecule has 2 aromatic rings. The first-order chi connectivity index (χ1) is 7.66. The summed E-state index contributed by atoms with van der Waals surface area (Å²) in [7, 11) is 0. The highest BCUT2D eigenvalue weighted by Gasteiger charge is 2.01. The molecule has 0 aliphatic carbocycles. The summed E-state index contributed by atoms with van der Waals surface area (Å²) in [5.41, 5.74) is 3.62. The second kappa shape index (κ2) is 4.78. The third-order valence-electron chi connectivity index (χ3n) is 2.44. The van der Waals surface area contributed by atoms with Gasteiger partial charge in [0.1, 0.15) is 12.1 Å². The lowest BCUT2D eigenvalue weighted by Gasteiger charge is -2.08. The Kier molecular flexibility index (Phi) is 3.38. The number of aryl methyl sites for hydroxylation is 2. The molecule has 0 aliphatic rings. The van der Waals surface area contributed by atoms with Gasteiger partial charge in [0.05, 0.1) is 3.57 Å². The summed E-state index contributed by atoms with van der Waals surface area (Å²) < 4.78 is 1.01. The predicted molar refractivity (Wildman–Crippen MR) is 73.9 cm³/mol. The van der Waals surface area contributed by atoms with Crippen molar-refractivity contribution < 1.29 is 0 Å². The van der Waals surface area contributed by atoms with Gasteiger partial charge in [-0.25, -0.2) is 9.97 Å². The molecular formula is C12H12IN3. The molecule has 82 valence electrons. The van der Waals surface area contributed by atoms with Gasteiger partial charge in [-0.2, -0.15) is 0 Å². The minimum atomic E-state index is 0.846. The van der Waals surface area contributed by atoms with E-state index in [1.54, 1.807) is 12.5 Å². The number of rotatable bonds is 2. The van der Waals surface area contributed by atoms with E-state index in [0.29, 0.717) is 0 Å². The quantitative estimate of drug-likeness (QED) is 0.860. The second-order valence-electron chi connectivity index (χ2n) is 3.64. The zero-order chi connectivity index (χ0) is 11.5. The molecule has 16 heavy (non-hydrogen) atoms. The van der Waals surface area contributed by atoms with E-state index in [-0.39, 0.29) is 0 Å². The van der Waals surface area contributed by atoms with Crippen LogP contribution in [-0.2, 0) is 0 Å². The monoisotopic (exact) mass is 325 g/mol. The average Bonchev–Trinajstić information content (AvgIpc) is 2.27. The summed E-state index contributed by atoms with van der Waals surface area (Å²) >= 11 is 2.22. The SMILES string of the molecule is Cc1ccc(Nc2ncncc2I)cc1C. The van der Waals surface area contributed by atoms with Crippen LogP contribution in [0.15, 0.2) is 30.7 Å². The first kappa shape index (κ1) is 11.3. The molecule has 0 radical (unpaired) electrons. The van der Waals surface area contributed by atoms with E-state index in [2.05, 4.69) is 69.9 Å². The Labute approximate surface area is 108 Å². The van der Waals surface area contributed by atoms with E-state index in [9.17, 15) is 0 Å². The van der Waals surface area contributed by atoms with Crippen molar-refractivity contribution in [3.05, 3.63) is 45.4 Å². The van der Waals surface area contributed by atoms with Crippen LogP contribution in [0.5, 0.6) is 0 Å². The first-order valence-electron chi connectivity index (χ1n) is 4.96. The summed E-state index contributed by atoms with van der Waals surface area (Å²) in [6.07, 6.45) is 3.34. The van der Waals surface area contributed by atoms with Crippen molar-refractivity contribution in [3.8, 4) is 0 Å². The number of anilines is 2. The summed E-state index contributed by atoms with van der Waals surface area (Å²) in [5.74, 6) is 0.846. The molecule has 0 fully saturated rings. The number of nitrogens with zero attached hydrogens (tertiary/aromatic N) is 2. The van der Waals surface area contributed by atoms with Crippen molar-refractivity contribution >= 4 is 34.1 Å². The highest BCUT2D eigenvalue weighted by Crippen LogP contribution is 2.21. The molecule has 0 saturated heterocycles. The van der Waals surface area contributed by atoms with Gasteiger partial charge in [-0.15, -0.1) is 0 Å². The maximum Gasteiger partial charge on any atom is 0.147 e. The molecule has 1 heterocycles. The van der Waals surface area contributed by atoms with Crippen LogP contribution >= 0.6 is 22.6 Å². The van der Waals surface area contributed by atoms with Gasteiger partial charge in [0.25, 0.3) is 0 Å². The van der Waals surface area contributed by atoms with E-state index in [0.717, 1.165) is 15.1 Å². The molecule has 2 rings (SSSR count). The van der Waals surface area contributed by atoms with Gasteiger partial charge in [-0.1, -0.05) is 6.07 Å². The smallest absolute Gasteiger partial charge is 0.147 e. The first-order valence-corrected chi connectivity index (χ1v) is 6.04. The van der Waals surface area contributed by atoms with Gasteiger partial charge in [0.2, 0.25) is 0 Å². The van der Waals surface area contributed by atoms with Crippen molar-refractivity contribution in [3.63, 3.8) is 0 Å². The average molecular weight is 325 g/mol.